The second kappa shape index (κ2) is 6.83. The van der Waals surface area contributed by atoms with Crippen molar-refractivity contribution in [3.05, 3.63) is 11.7 Å². The zero-order chi connectivity index (χ0) is 14.5. The van der Waals surface area contributed by atoms with Crippen LogP contribution in [0.25, 0.3) is 0 Å². The molecule has 0 aromatic carbocycles. The molecule has 0 aliphatic carbocycles. The molecule has 1 aliphatic rings. The molecule has 1 atom stereocenters. The molecule has 1 aromatic heterocycles. The van der Waals surface area contributed by atoms with Crippen molar-refractivity contribution in [3.63, 3.8) is 0 Å². The van der Waals surface area contributed by atoms with Gasteiger partial charge in [-0.1, -0.05) is 25.4 Å². The van der Waals surface area contributed by atoms with E-state index in [0.29, 0.717) is 18.4 Å². The van der Waals surface area contributed by atoms with E-state index in [1.807, 2.05) is 0 Å². The van der Waals surface area contributed by atoms with E-state index < -0.39 is 0 Å². The van der Waals surface area contributed by atoms with Gasteiger partial charge in [-0.05, 0) is 25.3 Å². The van der Waals surface area contributed by atoms with Gasteiger partial charge >= 0.3 is 5.97 Å². The largest absolute Gasteiger partial charge is 0.468 e. The molecule has 6 heteroatoms. The topological polar surface area (TPSA) is 68.5 Å². The quantitative estimate of drug-likeness (QED) is 0.767. The lowest BCUT2D eigenvalue weighted by Crippen LogP contribution is -2.44. The zero-order valence-corrected chi connectivity index (χ0v) is 12.5. The Bertz CT molecular complexity index is 445. The first-order valence-corrected chi connectivity index (χ1v) is 7.23. The molecular formula is C14H23N3O3. The number of likely N-dealkylation sites (tertiary alicyclic amines) is 1. The number of hydrogen-bond acceptors (Lipinski definition) is 6. The summed E-state index contributed by atoms with van der Waals surface area (Å²) in [6, 6.07) is -0.186. The maximum absolute atomic E-state index is 11.8. The Labute approximate surface area is 119 Å². The van der Waals surface area contributed by atoms with E-state index in [1.54, 1.807) is 0 Å². The van der Waals surface area contributed by atoms with E-state index in [-0.39, 0.29) is 12.0 Å². The van der Waals surface area contributed by atoms with Gasteiger partial charge < -0.3 is 9.26 Å². The number of aromatic nitrogens is 2. The van der Waals surface area contributed by atoms with Crippen molar-refractivity contribution >= 4 is 5.97 Å². The molecule has 0 bridgehead atoms. The standard InChI is InChI=1S/C14H23N3O3/c1-10(2)8-12-15-13(20-16-12)9-17-7-5-4-6-11(17)14(18)19-3/h10-11H,4-9H2,1-3H3/t11-/m1/s1. The molecule has 0 saturated carbocycles. The summed E-state index contributed by atoms with van der Waals surface area (Å²) < 4.78 is 10.1. The third-order valence-electron chi connectivity index (χ3n) is 3.53. The predicted molar refractivity (Wildman–Crippen MR) is 72.9 cm³/mol. The average Bonchev–Trinajstić information content (AvgIpc) is 2.85. The van der Waals surface area contributed by atoms with Crippen LogP contribution in [0, 0.1) is 5.92 Å². The van der Waals surface area contributed by atoms with Gasteiger partial charge in [0.2, 0.25) is 5.89 Å². The highest BCUT2D eigenvalue weighted by Gasteiger charge is 2.30. The predicted octanol–water partition coefficient (Wildman–Crippen LogP) is 1.80. The molecule has 2 heterocycles. The van der Waals surface area contributed by atoms with Gasteiger partial charge in [0.15, 0.2) is 5.82 Å². The molecule has 1 aliphatic heterocycles. The van der Waals surface area contributed by atoms with E-state index in [4.69, 9.17) is 9.26 Å². The lowest BCUT2D eigenvalue weighted by Gasteiger charge is -2.32. The molecule has 0 N–H and O–H groups in total. The van der Waals surface area contributed by atoms with E-state index in [9.17, 15) is 4.79 Å². The SMILES string of the molecule is COC(=O)[C@H]1CCCCN1Cc1nc(CC(C)C)no1. The van der Waals surface area contributed by atoms with E-state index in [2.05, 4.69) is 28.9 Å². The number of ether oxygens (including phenoxy) is 1. The fraction of sp³-hybridized carbons (Fsp3) is 0.786. The molecule has 1 saturated heterocycles. The monoisotopic (exact) mass is 281 g/mol. The summed E-state index contributed by atoms with van der Waals surface area (Å²) in [5, 5.41) is 3.98. The Balaban J connectivity index is 1.99. The molecule has 6 nitrogen and oxygen atoms in total. The van der Waals surface area contributed by atoms with Crippen LogP contribution in [0.3, 0.4) is 0 Å². The van der Waals surface area contributed by atoms with Gasteiger partial charge in [-0.15, -0.1) is 0 Å². The van der Waals surface area contributed by atoms with Crippen LogP contribution in [-0.4, -0.2) is 40.7 Å². The first kappa shape index (κ1) is 15.0. The summed E-state index contributed by atoms with van der Waals surface area (Å²) in [4.78, 5) is 18.3. The van der Waals surface area contributed by atoms with Gasteiger partial charge in [0.1, 0.15) is 6.04 Å². The Kier molecular flexibility index (Phi) is 5.11. The molecule has 1 fully saturated rings. The van der Waals surface area contributed by atoms with Crippen LogP contribution in [0.4, 0.5) is 0 Å². The molecule has 0 radical (unpaired) electrons. The molecule has 1 aromatic rings. The number of carbonyl (C=O) groups excluding carboxylic acids is 1. The molecule has 0 unspecified atom stereocenters. The summed E-state index contributed by atoms with van der Waals surface area (Å²) in [6.45, 7) is 5.62. The number of methoxy groups -OCH3 is 1. The Morgan fingerprint density at radius 2 is 2.30 bits per heavy atom. The summed E-state index contributed by atoms with van der Waals surface area (Å²) in [5.74, 6) is 1.64. The number of esters is 1. The average molecular weight is 281 g/mol. The Hall–Kier alpha value is -1.43. The second-order valence-electron chi connectivity index (χ2n) is 5.71. The fourth-order valence-corrected chi connectivity index (χ4v) is 2.56. The minimum atomic E-state index is -0.186. The van der Waals surface area contributed by atoms with Crippen LogP contribution in [0.15, 0.2) is 4.52 Å². The number of hydrogen-bond donors (Lipinski definition) is 0. The highest BCUT2D eigenvalue weighted by atomic mass is 16.5. The van der Waals surface area contributed by atoms with Crippen LogP contribution in [0.5, 0.6) is 0 Å². The molecule has 0 spiro atoms. The van der Waals surface area contributed by atoms with Gasteiger partial charge in [-0.2, -0.15) is 4.98 Å². The van der Waals surface area contributed by atoms with Gasteiger partial charge in [0.25, 0.3) is 0 Å². The first-order chi connectivity index (χ1) is 9.60. The number of piperidine rings is 1. The minimum Gasteiger partial charge on any atom is -0.468 e. The van der Waals surface area contributed by atoms with Crippen molar-refractivity contribution in [2.45, 2.75) is 52.1 Å². The zero-order valence-electron chi connectivity index (χ0n) is 12.5. The summed E-state index contributed by atoms with van der Waals surface area (Å²) >= 11 is 0. The lowest BCUT2D eigenvalue weighted by molar-refractivity contribution is -0.148. The molecule has 0 amide bonds. The number of carbonyl (C=O) groups is 1. The lowest BCUT2D eigenvalue weighted by atomic mass is 10.0. The van der Waals surface area contributed by atoms with Crippen molar-refractivity contribution in [2.75, 3.05) is 13.7 Å². The van der Waals surface area contributed by atoms with Crippen molar-refractivity contribution in [1.82, 2.24) is 15.0 Å². The maximum atomic E-state index is 11.8. The van der Waals surface area contributed by atoms with Crippen molar-refractivity contribution in [2.24, 2.45) is 5.92 Å². The van der Waals surface area contributed by atoms with Crippen LogP contribution >= 0.6 is 0 Å². The molecule has 112 valence electrons. The summed E-state index contributed by atoms with van der Waals surface area (Å²) in [7, 11) is 1.43. The molecular weight excluding hydrogens is 258 g/mol. The maximum Gasteiger partial charge on any atom is 0.323 e. The molecule has 20 heavy (non-hydrogen) atoms. The van der Waals surface area contributed by atoms with Crippen LogP contribution in [-0.2, 0) is 22.5 Å². The van der Waals surface area contributed by atoms with Crippen LogP contribution in [0.1, 0.15) is 44.8 Å². The highest BCUT2D eigenvalue weighted by Crippen LogP contribution is 2.20. The summed E-state index contributed by atoms with van der Waals surface area (Å²) in [5.41, 5.74) is 0. The third kappa shape index (κ3) is 3.79. The summed E-state index contributed by atoms with van der Waals surface area (Å²) in [6.07, 6.45) is 3.78. The van der Waals surface area contributed by atoms with Gasteiger partial charge in [0, 0.05) is 6.42 Å². The van der Waals surface area contributed by atoms with E-state index in [1.165, 1.54) is 7.11 Å². The second-order valence-corrected chi connectivity index (χ2v) is 5.71. The Morgan fingerprint density at radius 1 is 1.50 bits per heavy atom. The highest BCUT2D eigenvalue weighted by molar-refractivity contribution is 5.75. The van der Waals surface area contributed by atoms with Crippen molar-refractivity contribution < 1.29 is 14.1 Å². The Morgan fingerprint density at radius 3 is 3.00 bits per heavy atom. The first-order valence-electron chi connectivity index (χ1n) is 7.23. The van der Waals surface area contributed by atoms with Gasteiger partial charge in [-0.3, -0.25) is 9.69 Å². The normalized spacial score (nSPS) is 20.3. The van der Waals surface area contributed by atoms with Gasteiger partial charge in [-0.25, -0.2) is 0 Å². The molecule has 2 rings (SSSR count). The smallest absolute Gasteiger partial charge is 0.323 e. The van der Waals surface area contributed by atoms with E-state index >= 15 is 0 Å². The van der Waals surface area contributed by atoms with Crippen LogP contribution < -0.4 is 0 Å². The minimum absolute atomic E-state index is 0.174. The fourth-order valence-electron chi connectivity index (χ4n) is 2.56. The third-order valence-corrected chi connectivity index (χ3v) is 3.53. The van der Waals surface area contributed by atoms with Crippen LogP contribution in [0.2, 0.25) is 0 Å². The van der Waals surface area contributed by atoms with Crippen molar-refractivity contribution in [1.29, 1.82) is 0 Å². The van der Waals surface area contributed by atoms with E-state index in [0.717, 1.165) is 38.1 Å². The van der Waals surface area contributed by atoms with Crippen molar-refractivity contribution in [3.8, 4) is 0 Å². The number of nitrogens with zero attached hydrogens (tertiary/aromatic N) is 3. The number of rotatable bonds is 5. The van der Waals surface area contributed by atoms with Gasteiger partial charge in [0.05, 0.1) is 13.7 Å².